The van der Waals surface area contributed by atoms with Gasteiger partial charge >= 0.3 is 6.18 Å². The van der Waals surface area contributed by atoms with Gasteiger partial charge in [-0.25, -0.2) is 0 Å². The molecule has 5 heteroatoms. The lowest BCUT2D eigenvalue weighted by Gasteiger charge is -2.54. The van der Waals surface area contributed by atoms with E-state index in [1.165, 1.54) is 0 Å². The van der Waals surface area contributed by atoms with Crippen LogP contribution in [0.3, 0.4) is 0 Å². The van der Waals surface area contributed by atoms with Gasteiger partial charge in [0, 0.05) is 29.2 Å². The van der Waals surface area contributed by atoms with Gasteiger partial charge in [0.2, 0.25) is 0 Å². The number of alkyl halides is 3. The van der Waals surface area contributed by atoms with E-state index in [-0.39, 0.29) is 24.0 Å². The molecular weight excluding hydrogens is 313 g/mol. The first-order valence-electron chi connectivity index (χ1n) is 8.57. The Hall–Kier alpha value is -1.65. The maximum atomic E-state index is 14.6. The summed E-state index contributed by atoms with van der Waals surface area (Å²) in [6.45, 7) is 5.82. The number of aromatic nitrogens is 2. The van der Waals surface area contributed by atoms with Crippen molar-refractivity contribution in [3.63, 3.8) is 0 Å². The van der Waals surface area contributed by atoms with Crippen LogP contribution in [0.1, 0.15) is 51.4 Å². The molecule has 1 aliphatic carbocycles. The maximum absolute atomic E-state index is 14.6. The van der Waals surface area contributed by atoms with E-state index in [2.05, 4.69) is 9.97 Å². The van der Waals surface area contributed by atoms with Gasteiger partial charge in [-0.15, -0.1) is 0 Å². The largest absolute Gasteiger partial charge is 0.400 e. The van der Waals surface area contributed by atoms with Crippen molar-refractivity contribution < 1.29 is 13.2 Å². The van der Waals surface area contributed by atoms with Crippen molar-refractivity contribution in [3.05, 3.63) is 48.0 Å². The van der Waals surface area contributed by atoms with Gasteiger partial charge in [0.1, 0.15) is 5.41 Å². The van der Waals surface area contributed by atoms with Gasteiger partial charge in [-0.05, 0) is 55.4 Å². The third-order valence-corrected chi connectivity index (χ3v) is 6.20. The van der Waals surface area contributed by atoms with E-state index in [1.54, 1.807) is 43.6 Å². The highest BCUT2D eigenvalue weighted by atomic mass is 19.4. The number of halogens is 3. The van der Waals surface area contributed by atoms with Crippen molar-refractivity contribution in [3.8, 4) is 0 Å². The van der Waals surface area contributed by atoms with Gasteiger partial charge in [-0.2, -0.15) is 13.2 Å². The molecule has 2 heterocycles. The second kappa shape index (κ2) is 5.71. The first-order valence-corrected chi connectivity index (χ1v) is 8.57. The van der Waals surface area contributed by atoms with Crippen molar-refractivity contribution in [1.82, 2.24) is 9.97 Å². The Kier molecular flexibility index (Phi) is 4.09. The Morgan fingerprint density at radius 2 is 1.67 bits per heavy atom. The summed E-state index contributed by atoms with van der Waals surface area (Å²) in [4.78, 5) is 5.96. The lowest BCUT2D eigenvalue weighted by molar-refractivity contribution is -0.228. The zero-order chi connectivity index (χ0) is 17.6. The minimum Gasteiger partial charge on any atom is -0.365 e. The van der Waals surface area contributed by atoms with E-state index in [4.69, 9.17) is 0 Å². The minimum absolute atomic E-state index is 0.0537. The Labute approximate surface area is 140 Å². The molecule has 132 valence electrons. The van der Waals surface area contributed by atoms with Crippen LogP contribution in [0.4, 0.5) is 13.2 Å². The Balaban J connectivity index is 2.24. The summed E-state index contributed by atoms with van der Waals surface area (Å²) in [7, 11) is 0. The predicted octanol–water partition coefficient (Wildman–Crippen LogP) is 5.56. The molecule has 0 saturated heterocycles. The van der Waals surface area contributed by atoms with Crippen molar-refractivity contribution in [2.45, 2.75) is 57.0 Å². The summed E-state index contributed by atoms with van der Waals surface area (Å²) in [6, 6.07) is 6.83. The summed E-state index contributed by atoms with van der Waals surface area (Å²) < 4.78 is 43.9. The standard InChI is InChI=1S/C19H25F3N2/c1-13(2)14-8-9-17(3,15-6-4-10-23-15)18(12-14,19(20,21)22)16-7-5-11-24-16/h4-7,10-11,13-14,23-24H,8-9,12H2,1-3H3. The van der Waals surface area contributed by atoms with Crippen LogP contribution in [0.15, 0.2) is 36.7 Å². The van der Waals surface area contributed by atoms with Crippen molar-refractivity contribution in [2.24, 2.45) is 11.8 Å². The number of nitrogens with one attached hydrogen (secondary N) is 2. The molecule has 1 aliphatic rings. The van der Waals surface area contributed by atoms with Crippen LogP contribution in [-0.2, 0) is 10.8 Å². The molecule has 24 heavy (non-hydrogen) atoms. The summed E-state index contributed by atoms with van der Waals surface area (Å²) in [6.07, 6.45) is 0.401. The molecule has 2 aromatic heterocycles. The number of hydrogen-bond donors (Lipinski definition) is 2. The van der Waals surface area contributed by atoms with E-state index in [1.807, 2.05) is 13.8 Å². The normalized spacial score (nSPS) is 31.5. The lowest BCUT2D eigenvalue weighted by atomic mass is 9.50. The van der Waals surface area contributed by atoms with E-state index in [9.17, 15) is 13.2 Å². The monoisotopic (exact) mass is 338 g/mol. The molecule has 0 bridgehead atoms. The zero-order valence-corrected chi connectivity index (χ0v) is 14.4. The molecule has 3 unspecified atom stereocenters. The van der Waals surface area contributed by atoms with E-state index < -0.39 is 17.0 Å². The Morgan fingerprint density at radius 1 is 1.08 bits per heavy atom. The molecule has 1 fully saturated rings. The first-order chi connectivity index (χ1) is 11.2. The highest BCUT2D eigenvalue weighted by molar-refractivity contribution is 5.36. The maximum Gasteiger partial charge on any atom is 0.400 e. The molecule has 0 amide bonds. The number of hydrogen-bond acceptors (Lipinski definition) is 0. The SMILES string of the molecule is CC(C)C1CCC(C)(c2ccc[nH]2)C(c2ccc[nH]2)(C(F)(F)F)C1. The van der Waals surface area contributed by atoms with Crippen LogP contribution < -0.4 is 0 Å². The van der Waals surface area contributed by atoms with Crippen molar-refractivity contribution >= 4 is 0 Å². The molecule has 2 N–H and O–H groups in total. The van der Waals surface area contributed by atoms with Crippen LogP contribution in [0, 0.1) is 11.8 Å². The second-order valence-electron chi connectivity index (χ2n) is 7.65. The van der Waals surface area contributed by atoms with E-state index in [0.29, 0.717) is 12.1 Å². The van der Waals surface area contributed by atoms with E-state index in [0.717, 1.165) is 6.42 Å². The smallest absolute Gasteiger partial charge is 0.365 e. The molecule has 2 aromatic rings. The fourth-order valence-corrected chi connectivity index (χ4v) is 4.60. The fourth-order valence-electron chi connectivity index (χ4n) is 4.60. The van der Waals surface area contributed by atoms with Gasteiger partial charge in [-0.3, -0.25) is 0 Å². The molecule has 3 rings (SSSR count). The number of aromatic amines is 2. The predicted molar refractivity (Wildman–Crippen MR) is 88.8 cm³/mol. The molecule has 3 atom stereocenters. The third kappa shape index (κ3) is 2.32. The molecule has 2 nitrogen and oxygen atoms in total. The first kappa shape index (κ1) is 17.2. The van der Waals surface area contributed by atoms with Gasteiger partial charge in [0.15, 0.2) is 0 Å². The van der Waals surface area contributed by atoms with Crippen LogP contribution in [-0.4, -0.2) is 16.1 Å². The van der Waals surface area contributed by atoms with Crippen LogP contribution >= 0.6 is 0 Å². The number of H-pyrrole nitrogens is 2. The van der Waals surface area contributed by atoms with Crippen molar-refractivity contribution in [2.75, 3.05) is 0 Å². The Morgan fingerprint density at radius 3 is 2.12 bits per heavy atom. The number of rotatable bonds is 3. The lowest BCUT2D eigenvalue weighted by Crippen LogP contribution is -2.60. The molecular formula is C19H25F3N2. The van der Waals surface area contributed by atoms with Gasteiger partial charge in [0.05, 0.1) is 0 Å². The van der Waals surface area contributed by atoms with Crippen LogP contribution in [0.2, 0.25) is 0 Å². The zero-order valence-electron chi connectivity index (χ0n) is 14.4. The van der Waals surface area contributed by atoms with Crippen molar-refractivity contribution in [1.29, 1.82) is 0 Å². The van der Waals surface area contributed by atoms with Gasteiger partial charge in [-0.1, -0.05) is 20.8 Å². The second-order valence-corrected chi connectivity index (χ2v) is 7.65. The molecule has 0 radical (unpaired) electrons. The Bertz CT molecular complexity index is 657. The van der Waals surface area contributed by atoms with Gasteiger partial charge in [0.25, 0.3) is 0 Å². The fraction of sp³-hybridized carbons (Fsp3) is 0.579. The van der Waals surface area contributed by atoms with E-state index >= 15 is 0 Å². The topological polar surface area (TPSA) is 31.6 Å². The van der Waals surface area contributed by atoms with Gasteiger partial charge < -0.3 is 9.97 Å². The average Bonchev–Trinajstić information content (AvgIpc) is 3.20. The quantitative estimate of drug-likeness (QED) is 0.734. The summed E-state index contributed by atoms with van der Waals surface area (Å²) in [5, 5.41) is 0. The van der Waals surface area contributed by atoms with Crippen LogP contribution in [0.5, 0.6) is 0 Å². The summed E-state index contributed by atoms with van der Waals surface area (Å²) >= 11 is 0. The molecule has 0 aliphatic heterocycles. The molecule has 0 spiro atoms. The average molecular weight is 338 g/mol. The highest BCUT2D eigenvalue weighted by Gasteiger charge is 2.68. The molecule has 1 saturated carbocycles. The minimum atomic E-state index is -4.34. The van der Waals surface area contributed by atoms with Crippen LogP contribution in [0.25, 0.3) is 0 Å². The summed E-state index contributed by atoms with van der Waals surface area (Å²) in [5.41, 5.74) is -2.00. The third-order valence-electron chi connectivity index (χ3n) is 6.20. The summed E-state index contributed by atoms with van der Waals surface area (Å²) in [5.74, 6) is 0.285. The molecule has 0 aromatic carbocycles. The highest BCUT2D eigenvalue weighted by Crippen LogP contribution is 2.62.